The lowest BCUT2D eigenvalue weighted by molar-refractivity contribution is -0.356. The number of ether oxygens (including phenoxy) is 5. The normalized spacial score (nSPS) is 33.3. The van der Waals surface area contributed by atoms with E-state index < -0.39 is 77.8 Å². The first-order chi connectivity index (χ1) is 22.3. The smallest absolute Gasteiger partial charge is 0.348 e. The van der Waals surface area contributed by atoms with Crippen LogP contribution in [0.25, 0.3) is 43.5 Å². The van der Waals surface area contributed by atoms with Gasteiger partial charge in [-0.2, -0.15) is 0 Å². The van der Waals surface area contributed by atoms with Gasteiger partial charge in [0.1, 0.15) is 46.4 Å². The number of hydrogen-bond donors (Lipinski definition) is 5. The van der Waals surface area contributed by atoms with E-state index in [1.807, 2.05) is 0 Å². The van der Waals surface area contributed by atoms with E-state index in [-0.39, 0.29) is 43.8 Å². The molecule has 3 aromatic carbocycles. The van der Waals surface area contributed by atoms with Gasteiger partial charge in [-0.3, -0.25) is 0 Å². The van der Waals surface area contributed by atoms with Crippen LogP contribution in [0, 0.1) is 6.92 Å². The van der Waals surface area contributed by atoms with Crippen molar-refractivity contribution in [1.29, 1.82) is 0 Å². The van der Waals surface area contributed by atoms with Gasteiger partial charge in [0, 0.05) is 23.3 Å². The Kier molecular flexibility index (Phi) is 7.50. The molecular formula is C33H35NO13. The van der Waals surface area contributed by atoms with Crippen LogP contribution in [0.4, 0.5) is 0 Å². The molecule has 2 aliphatic heterocycles. The van der Waals surface area contributed by atoms with Crippen LogP contribution in [0.3, 0.4) is 0 Å². The molecule has 0 bridgehead atoms. The number of aryl methyl sites for hydroxylation is 1. The first-order valence-electron chi connectivity index (χ1n) is 15.2. The fourth-order valence-corrected chi connectivity index (χ4v) is 6.96. The third-order valence-electron chi connectivity index (χ3n) is 9.52. The number of aromatic hydroxyl groups is 1. The third-order valence-corrected chi connectivity index (χ3v) is 9.52. The molecule has 14 nitrogen and oxygen atoms in total. The van der Waals surface area contributed by atoms with E-state index in [9.17, 15) is 30.0 Å². The molecule has 5 aromatic rings. The highest BCUT2D eigenvalue weighted by molar-refractivity contribution is 6.28. The summed E-state index contributed by atoms with van der Waals surface area (Å²) in [6.07, 6.45) is -9.22. The molecule has 6 N–H and O–H groups in total. The standard InChI is InChI=1S/C33H35NO13/c1-11-9-10-16-19-17(11)29(38)46-25-18-14(24(36)21(20(19)25)30(39)44-16)7-6-8-15(18)45-32-28(33(4,40)27(37)13(3)43-32)47-31-22(34)26(41-5)23(35)12(2)42-31/h6-10,12-13,22-23,26-28,31-32,35-37,40H,34H2,1-5H3/t12-,13-,22-,23+,26-,27+,28+,31?,32+,33+/m1/s1. The molecule has 47 heavy (non-hydrogen) atoms. The van der Waals surface area contributed by atoms with Crippen LogP contribution in [0.2, 0.25) is 0 Å². The Balaban J connectivity index is 1.40. The van der Waals surface area contributed by atoms with Crippen molar-refractivity contribution in [2.45, 2.75) is 88.5 Å². The van der Waals surface area contributed by atoms with Crippen molar-refractivity contribution in [2.75, 3.05) is 7.11 Å². The number of rotatable bonds is 5. The summed E-state index contributed by atoms with van der Waals surface area (Å²) < 4.78 is 41.2. The molecule has 2 saturated heterocycles. The molecule has 4 heterocycles. The summed E-state index contributed by atoms with van der Waals surface area (Å²) in [6, 6.07) is 6.77. The summed E-state index contributed by atoms with van der Waals surface area (Å²) in [4.78, 5) is 26.6. The van der Waals surface area contributed by atoms with Crippen LogP contribution < -0.4 is 21.7 Å². The summed E-state index contributed by atoms with van der Waals surface area (Å²) >= 11 is 0. The number of phenols is 1. The monoisotopic (exact) mass is 653 g/mol. The molecule has 2 fully saturated rings. The average molecular weight is 654 g/mol. The van der Waals surface area contributed by atoms with Crippen molar-refractivity contribution in [3.8, 4) is 11.5 Å². The molecule has 7 rings (SSSR count). The van der Waals surface area contributed by atoms with Gasteiger partial charge < -0.3 is 58.7 Å². The lowest BCUT2D eigenvalue weighted by atomic mass is 9.86. The Hall–Kier alpha value is -3.86. The van der Waals surface area contributed by atoms with Gasteiger partial charge in [-0.05, 0) is 45.4 Å². The van der Waals surface area contributed by atoms with Gasteiger partial charge in [-0.15, -0.1) is 0 Å². The number of hydrogen-bond acceptors (Lipinski definition) is 14. The molecule has 14 heteroatoms. The van der Waals surface area contributed by atoms with Crippen molar-refractivity contribution in [3.63, 3.8) is 0 Å². The van der Waals surface area contributed by atoms with Gasteiger partial charge in [0.25, 0.3) is 0 Å². The molecule has 0 saturated carbocycles. The van der Waals surface area contributed by atoms with Crippen molar-refractivity contribution in [3.05, 3.63) is 56.7 Å². The maximum absolute atomic E-state index is 13.4. The highest BCUT2D eigenvalue weighted by Gasteiger charge is 2.56. The maximum atomic E-state index is 13.4. The summed E-state index contributed by atoms with van der Waals surface area (Å²) in [5.74, 6) is -0.386. The largest absolute Gasteiger partial charge is 0.506 e. The Bertz CT molecular complexity index is 2120. The average Bonchev–Trinajstić information content (AvgIpc) is 3.02. The number of methoxy groups -OCH3 is 1. The van der Waals surface area contributed by atoms with Gasteiger partial charge >= 0.3 is 11.3 Å². The molecule has 2 aromatic heterocycles. The molecule has 0 amide bonds. The minimum absolute atomic E-state index is 0.0328. The minimum atomic E-state index is -1.99. The second-order valence-electron chi connectivity index (χ2n) is 12.5. The highest BCUT2D eigenvalue weighted by Crippen LogP contribution is 2.46. The van der Waals surface area contributed by atoms with E-state index in [1.165, 1.54) is 33.1 Å². The quantitative estimate of drug-likeness (QED) is 0.104. The van der Waals surface area contributed by atoms with E-state index in [4.69, 9.17) is 38.3 Å². The zero-order valence-electron chi connectivity index (χ0n) is 26.1. The first-order valence-corrected chi connectivity index (χ1v) is 15.2. The van der Waals surface area contributed by atoms with Gasteiger partial charge in [0.2, 0.25) is 6.29 Å². The molecule has 250 valence electrons. The van der Waals surface area contributed by atoms with Crippen LogP contribution in [-0.2, 0) is 18.9 Å². The summed E-state index contributed by atoms with van der Waals surface area (Å²) in [7, 11) is 1.39. The van der Waals surface area contributed by atoms with Gasteiger partial charge in [0.05, 0.1) is 29.0 Å². The second kappa shape index (κ2) is 11.1. The fourth-order valence-electron chi connectivity index (χ4n) is 6.96. The van der Waals surface area contributed by atoms with Gasteiger partial charge in [-0.1, -0.05) is 18.2 Å². The number of aliphatic hydroxyl groups is 3. The summed E-state index contributed by atoms with van der Waals surface area (Å²) in [5, 5.41) is 45.3. The predicted molar refractivity (Wildman–Crippen MR) is 167 cm³/mol. The lowest BCUT2D eigenvalue weighted by Crippen LogP contribution is -2.69. The molecule has 0 spiro atoms. The zero-order chi connectivity index (χ0) is 33.7. The molecular weight excluding hydrogens is 618 g/mol. The van der Waals surface area contributed by atoms with Gasteiger partial charge in [0.15, 0.2) is 18.0 Å². The van der Waals surface area contributed by atoms with E-state index in [0.717, 1.165) is 0 Å². The van der Waals surface area contributed by atoms with Crippen LogP contribution >= 0.6 is 0 Å². The lowest BCUT2D eigenvalue weighted by Gasteiger charge is -2.50. The van der Waals surface area contributed by atoms with Crippen molar-refractivity contribution in [2.24, 2.45) is 5.73 Å². The zero-order valence-corrected chi connectivity index (χ0v) is 26.1. The highest BCUT2D eigenvalue weighted by atomic mass is 16.7. The number of aliphatic hydroxyl groups excluding tert-OH is 2. The first kappa shape index (κ1) is 31.7. The Labute approximate surface area is 266 Å². The van der Waals surface area contributed by atoms with Crippen LogP contribution in [0.15, 0.2) is 48.8 Å². The Morgan fingerprint density at radius 1 is 0.894 bits per heavy atom. The van der Waals surface area contributed by atoms with Crippen LogP contribution in [0.5, 0.6) is 11.5 Å². The topological polar surface area (TPSA) is 214 Å². The molecule has 0 aliphatic carbocycles. The van der Waals surface area contributed by atoms with E-state index in [1.54, 1.807) is 32.0 Å². The van der Waals surface area contributed by atoms with Gasteiger partial charge in [-0.25, -0.2) is 9.59 Å². The third kappa shape index (κ3) is 4.63. The number of benzene rings is 3. The van der Waals surface area contributed by atoms with Crippen molar-refractivity contribution in [1.82, 2.24) is 0 Å². The molecule has 1 unspecified atom stereocenters. The predicted octanol–water partition coefficient (Wildman–Crippen LogP) is 1.73. The Morgan fingerprint density at radius 3 is 2.32 bits per heavy atom. The molecule has 0 radical (unpaired) electrons. The minimum Gasteiger partial charge on any atom is -0.506 e. The summed E-state index contributed by atoms with van der Waals surface area (Å²) in [6.45, 7) is 6.21. The molecule has 10 atom stereocenters. The number of fused-ring (bicyclic) bond motifs is 2. The van der Waals surface area contributed by atoms with E-state index in [0.29, 0.717) is 10.9 Å². The number of nitrogens with two attached hydrogens (primary N) is 1. The van der Waals surface area contributed by atoms with Crippen LogP contribution in [0.1, 0.15) is 26.3 Å². The summed E-state index contributed by atoms with van der Waals surface area (Å²) in [5.41, 5.74) is 3.52. The SMILES string of the molecule is CO[C@H]1[C@@H](O)[C@@H](C)OC(O[C@H]2[C@H](Oc3cccc4c(O)c5c(=O)oc6ccc(C)c7c(=O)oc(c34)c5c67)O[C@H](C)[C@H](O)[C@]2(C)O)[C@@H]1N. The second-order valence-corrected chi connectivity index (χ2v) is 12.5. The van der Waals surface area contributed by atoms with E-state index in [2.05, 4.69) is 0 Å². The van der Waals surface area contributed by atoms with E-state index >= 15 is 0 Å². The Morgan fingerprint density at radius 2 is 1.60 bits per heavy atom. The maximum Gasteiger partial charge on any atom is 0.348 e. The fraction of sp³-hybridized carbons (Fsp3) is 0.455. The number of phenolic OH excluding ortho intramolecular Hbond substituents is 1. The molecule has 2 aliphatic rings. The van der Waals surface area contributed by atoms with Crippen molar-refractivity contribution >= 4 is 43.5 Å². The van der Waals surface area contributed by atoms with Crippen LogP contribution in [-0.4, -0.2) is 88.4 Å². The van der Waals surface area contributed by atoms with Crippen molar-refractivity contribution < 1.29 is 52.9 Å².